The van der Waals surface area contributed by atoms with Gasteiger partial charge in [0.1, 0.15) is 0 Å². The monoisotopic (exact) mass is 355 g/mol. The molecule has 1 unspecified atom stereocenters. The van der Waals surface area contributed by atoms with Gasteiger partial charge in [0.15, 0.2) is 5.76 Å². The molecule has 26 heavy (non-hydrogen) atoms. The highest BCUT2D eigenvalue weighted by molar-refractivity contribution is 5.95. The smallest absolute Gasteiger partial charge is 0.289 e. The Kier molecular flexibility index (Phi) is 5.36. The van der Waals surface area contributed by atoms with E-state index in [-0.39, 0.29) is 23.6 Å². The summed E-state index contributed by atoms with van der Waals surface area (Å²) < 4.78 is 5.16. The van der Waals surface area contributed by atoms with Crippen molar-refractivity contribution in [3.8, 4) is 0 Å². The Morgan fingerprint density at radius 2 is 1.77 bits per heavy atom. The van der Waals surface area contributed by atoms with Crippen LogP contribution >= 0.6 is 0 Å². The molecule has 0 saturated carbocycles. The van der Waals surface area contributed by atoms with E-state index in [2.05, 4.69) is 10.6 Å². The number of likely N-dealkylation sites (tertiary alicyclic amines) is 1. The molecule has 1 aliphatic heterocycles. The molecule has 1 atom stereocenters. The summed E-state index contributed by atoms with van der Waals surface area (Å²) in [5.41, 5.74) is 1.32. The molecule has 2 heterocycles. The first kappa shape index (κ1) is 17.7. The number of anilines is 2. The molecule has 1 aromatic carbocycles. The first-order valence-electron chi connectivity index (χ1n) is 8.54. The maximum atomic E-state index is 12.5. The van der Waals surface area contributed by atoms with Crippen molar-refractivity contribution in [1.82, 2.24) is 4.90 Å². The zero-order valence-electron chi connectivity index (χ0n) is 14.5. The molecule has 3 rings (SSSR count). The van der Waals surface area contributed by atoms with Crippen LogP contribution in [0.2, 0.25) is 0 Å². The van der Waals surface area contributed by atoms with Gasteiger partial charge in [-0.15, -0.1) is 0 Å². The first-order chi connectivity index (χ1) is 12.5. The van der Waals surface area contributed by atoms with Crippen molar-refractivity contribution in [3.63, 3.8) is 0 Å². The number of amides is 3. The summed E-state index contributed by atoms with van der Waals surface area (Å²) in [6, 6.07) is 10.2. The fourth-order valence-electron chi connectivity index (χ4n) is 3.02. The summed E-state index contributed by atoms with van der Waals surface area (Å²) in [6.07, 6.45) is 2.97. The molecule has 0 spiro atoms. The standard InChI is InChI=1S/C19H21N3O4/c1-13(23)20-15-6-8-16(9-7-15)21-18(24)14-4-2-10-22(12-14)19(25)17-5-3-11-26-17/h3,5-9,11,14H,2,4,10,12H2,1H3,(H,20,23)(H,21,24). The maximum Gasteiger partial charge on any atom is 0.289 e. The molecule has 2 aromatic rings. The number of hydrogen-bond acceptors (Lipinski definition) is 4. The third-order valence-electron chi connectivity index (χ3n) is 4.28. The molecule has 3 amide bonds. The molecule has 0 aliphatic carbocycles. The van der Waals surface area contributed by atoms with Crippen molar-refractivity contribution in [2.45, 2.75) is 19.8 Å². The zero-order valence-corrected chi connectivity index (χ0v) is 14.5. The SMILES string of the molecule is CC(=O)Nc1ccc(NC(=O)C2CCCN(C(=O)c3ccco3)C2)cc1. The van der Waals surface area contributed by atoms with Crippen LogP contribution in [0.1, 0.15) is 30.3 Å². The van der Waals surface area contributed by atoms with E-state index in [0.717, 1.165) is 12.8 Å². The predicted molar refractivity (Wildman–Crippen MR) is 96.7 cm³/mol. The van der Waals surface area contributed by atoms with Crippen LogP contribution in [0.5, 0.6) is 0 Å². The van der Waals surface area contributed by atoms with Crippen molar-refractivity contribution in [2.24, 2.45) is 5.92 Å². The number of nitrogens with one attached hydrogen (secondary N) is 2. The molecular formula is C19H21N3O4. The van der Waals surface area contributed by atoms with Gasteiger partial charge in [-0.05, 0) is 49.2 Å². The fraction of sp³-hybridized carbons (Fsp3) is 0.316. The predicted octanol–water partition coefficient (Wildman–Crippen LogP) is 2.73. The Bertz CT molecular complexity index is 784. The molecule has 7 nitrogen and oxygen atoms in total. The van der Waals surface area contributed by atoms with Gasteiger partial charge in [0, 0.05) is 31.4 Å². The summed E-state index contributed by atoms with van der Waals surface area (Å²) in [7, 11) is 0. The number of nitrogens with zero attached hydrogens (tertiary/aromatic N) is 1. The Morgan fingerprint density at radius 1 is 1.08 bits per heavy atom. The summed E-state index contributed by atoms with van der Waals surface area (Å²) in [5.74, 6) is -0.427. The van der Waals surface area contributed by atoms with Crippen LogP contribution in [0.15, 0.2) is 47.1 Å². The van der Waals surface area contributed by atoms with Gasteiger partial charge >= 0.3 is 0 Å². The van der Waals surface area contributed by atoms with Gasteiger partial charge in [-0.25, -0.2) is 0 Å². The molecule has 136 valence electrons. The molecule has 0 bridgehead atoms. The van der Waals surface area contributed by atoms with Crippen molar-refractivity contribution in [2.75, 3.05) is 23.7 Å². The zero-order chi connectivity index (χ0) is 18.5. The Balaban J connectivity index is 1.59. The number of hydrogen-bond donors (Lipinski definition) is 2. The summed E-state index contributed by atoms with van der Waals surface area (Å²) in [5, 5.41) is 5.55. The molecular weight excluding hydrogens is 334 g/mol. The third-order valence-corrected chi connectivity index (χ3v) is 4.28. The average molecular weight is 355 g/mol. The van der Waals surface area contributed by atoms with E-state index in [0.29, 0.717) is 30.2 Å². The lowest BCUT2D eigenvalue weighted by Gasteiger charge is -2.31. The summed E-state index contributed by atoms with van der Waals surface area (Å²) >= 11 is 0. The first-order valence-corrected chi connectivity index (χ1v) is 8.54. The van der Waals surface area contributed by atoms with E-state index >= 15 is 0 Å². The number of piperidine rings is 1. The van der Waals surface area contributed by atoms with Crippen LogP contribution in [-0.4, -0.2) is 35.7 Å². The van der Waals surface area contributed by atoms with Gasteiger partial charge in [-0.1, -0.05) is 0 Å². The van der Waals surface area contributed by atoms with E-state index < -0.39 is 0 Å². The Morgan fingerprint density at radius 3 is 2.38 bits per heavy atom. The van der Waals surface area contributed by atoms with Crippen LogP contribution in [-0.2, 0) is 9.59 Å². The van der Waals surface area contributed by atoms with E-state index in [1.54, 1.807) is 41.3 Å². The number of carbonyl (C=O) groups is 3. The van der Waals surface area contributed by atoms with Gasteiger partial charge in [0.25, 0.3) is 5.91 Å². The maximum absolute atomic E-state index is 12.5. The highest BCUT2D eigenvalue weighted by Gasteiger charge is 2.29. The van der Waals surface area contributed by atoms with Crippen molar-refractivity contribution in [3.05, 3.63) is 48.4 Å². The number of rotatable bonds is 4. The molecule has 1 fully saturated rings. The minimum Gasteiger partial charge on any atom is -0.459 e. The fourth-order valence-corrected chi connectivity index (χ4v) is 3.02. The van der Waals surface area contributed by atoms with Gasteiger partial charge in [-0.3, -0.25) is 14.4 Å². The number of carbonyl (C=O) groups excluding carboxylic acids is 3. The van der Waals surface area contributed by atoms with Gasteiger partial charge in [-0.2, -0.15) is 0 Å². The second kappa shape index (κ2) is 7.86. The van der Waals surface area contributed by atoms with Gasteiger partial charge < -0.3 is 20.0 Å². The largest absolute Gasteiger partial charge is 0.459 e. The second-order valence-electron chi connectivity index (χ2n) is 6.32. The molecule has 1 aromatic heterocycles. The topological polar surface area (TPSA) is 91.7 Å². The molecule has 2 N–H and O–H groups in total. The van der Waals surface area contributed by atoms with E-state index in [4.69, 9.17) is 4.42 Å². The van der Waals surface area contributed by atoms with E-state index in [1.807, 2.05) is 0 Å². The Hall–Kier alpha value is -3.09. The number of benzene rings is 1. The van der Waals surface area contributed by atoms with Crippen molar-refractivity contribution < 1.29 is 18.8 Å². The van der Waals surface area contributed by atoms with Crippen molar-refractivity contribution >= 4 is 29.1 Å². The van der Waals surface area contributed by atoms with Crippen LogP contribution in [0, 0.1) is 5.92 Å². The number of furan rings is 1. The van der Waals surface area contributed by atoms with Crippen LogP contribution in [0.4, 0.5) is 11.4 Å². The quantitative estimate of drug-likeness (QED) is 0.882. The lowest BCUT2D eigenvalue weighted by Crippen LogP contribution is -2.43. The van der Waals surface area contributed by atoms with Gasteiger partial charge in [0.05, 0.1) is 12.2 Å². The third kappa shape index (κ3) is 4.30. The van der Waals surface area contributed by atoms with E-state index in [1.165, 1.54) is 13.2 Å². The minimum atomic E-state index is -0.266. The molecule has 1 saturated heterocycles. The lowest BCUT2D eigenvalue weighted by molar-refractivity contribution is -0.121. The van der Waals surface area contributed by atoms with Crippen LogP contribution in [0.3, 0.4) is 0 Å². The van der Waals surface area contributed by atoms with Crippen LogP contribution < -0.4 is 10.6 Å². The molecule has 0 radical (unpaired) electrons. The lowest BCUT2D eigenvalue weighted by atomic mass is 9.96. The molecule has 1 aliphatic rings. The summed E-state index contributed by atoms with van der Waals surface area (Å²) in [6.45, 7) is 2.43. The van der Waals surface area contributed by atoms with E-state index in [9.17, 15) is 14.4 Å². The summed E-state index contributed by atoms with van der Waals surface area (Å²) in [4.78, 5) is 37.6. The van der Waals surface area contributed by atoms with Crippen molar-refractivity contribution in [1.29, 1.82) is 0 Å². The second-order valence-corrected chi connectivity index (χ2v) is 6.32. The van der Waals surface area contributed by atoms with Gasteiger partial charge in [0.2, 0.25) is 11.8 Å². The Labute approximate surface area is 151 Å². The average Bonchev–Trinajstić information content (AvgIpc) is 3.17. The minimum absolute atomic E-state index is 0.116. The highest BCUT2D eigenvalue weighted by Crippen LogP contribution is 2.21. The van der Waals surface area contributed by atoms with Crippen LogP contribution in [0.25, 0.3) is 0 Å². The highest BCUT2D eigenvalue weighted by atomic mass is 16.3. The molecule has 7 heteroatoms. The normalized spacial score (nSPS) is 16.8.